The van der Waals surface area contributed by atoms with Crippen LogP contribution < -0.4 is 10.1 Å². The summed E-state index contributed by atoms with van der Waals surface area (Å²) in [5.41, 5.74) is 1.56. The van der Waals surface area contributed by atoms with E-state index >= 15 is 0 Å². The molecule has 0 saturated heterocycles. The maximum absolute atomic E-state index is 12.5. The van der Waals surface area contributed by atoms with Crippen LogP contribution >= 0.6 is 0 Å². The summed E-state index contributed by atoms with van der Waals surface area (Å²) in [7, 11) is 0. The van der Waals surface area contributed by atoms with E-state index in [1.807, 2.05) is 0 Å². The van der Waals surface area contributed by atoms with Crippen molar-refractivity contribution in [2.45, 2.75) is 26.1 Å². The van der Waals surface area contributed by atoms with Crippen LogP contribution in [0.15, 0.2) is 53.4 Å². The molecule has 31 heavy (non-hydrogen) atoms. The number of ether oxygens (including phenoxy) is 1. The number of ketones is 1. The lowest BCUT2D eigenvalue weighted by molar-refractivity contribution is -0.154. The quantitative estimate of drug-likeness (QED) is 0.582. The summed E-state index contributed by atoms with van der Waals surface area (Å²) >= 11 is 0. The summed E-state index contributed by atoms with van der Waals surface area (Å²) in [5, 5.41) is 2.70. The lowest BCUT2D eigenvalue weighted by Gasteiger charge is -2.13. The van der Waals surface area contributed by atoms with Crippen molar-refractivity contribution in [3.63, 3.8) is 0 Å². The van der Waals surface area contributed by atoms with Crippen LogP contribution in [0.3, 0.4) is 0 Å². The number of amides is 1. The van der Waals surface area contributed by atoms with Gasteiger partial charge in [-0.25, -0.2) is 4.98 Å². The number of nitrogens with zero attached hydrogens (tertiary/aromatic N) is 2. The van der Waals surface area contributed by atoms with Gasteiger partial charge < -0.3 is 14.5 Å². The van der Waals surface area contributed by atoms with E-state index < -0.39 is 18.7 Å². The van der Waals surface area contributed by atoms with Crippen LogP contribution in [-0.2, 0) is 17.8 Å². The SMILES string of the molecule is CC(=O)Cc1cc(C(=O)NCc2cnc(OCC(F)(F)F)c(-c3ccco3)c2)ccn1. The number of hydrogen-bond donors (Lipinski definition) is 1. The van der Waals surface area contributed by atoms with Gasteiger partial charge in [0, 0.05) is 36.6 Å². The number of pyridine rings is 2. The highest BCUT2D eigenvalue weighted by molar-refractivity contribution is 5.94. The predicted octanol–water partition coefficient (Wildman–Crippen LogP) is 3.74. The smallest absolute Gasteiger partial charge is 0.422 e. The van der Waals surface area contributed by atoms with Crippen molar-refractivity contribution in [1.29, 1.82) is 0 Å². The van der Waals surface area contributed by atoms with E-state index in [0.717, 1.165) is 0 Å². The molecule has 0 saturated carbocycles. The summed E-state index contributed by atoms with van der Waals surface area (Å²) in [5.74, 6) is -0.426. The van der Waals surface area contributed by atoms with Gasteiger partial charge in [0.15, 0.2) is 6.61 Å². The van der Waals surface area contributed by atoms with Gasteiger partial charge in [-0.05, 0) is 42.8 Å². The third kappa shape index (κ3) is 6.39. The van der Waals surface area contributed by atoms with Gasteiger partial charge in [0.25, 0.3) is 5.91 Å². The van der Waals surface area contributed by atoms with Crippen LogP contribution in [0.1, 0.15) is 28.5 Å². The second-order valence-electron chi connectivity index (χ2n) is 6.67. The molecule has 0 atom stereocenters. The first-order valence-corrected chi connectivity index (χ1v) is 9.16. The first-order valence-electron chi connectivity index (χ1n) is 9.16. The summed E-state index contributed by atoms with van der Waals surface area (Å²) in [6.07, 6.45) is -0.264. The molecular formula is C21H18F3N3O4. The highest BCUT2D eigenvalue weighted by Gasteiger charge is 2.29. The lowest BCUT2D eigenvalue weighted by atomic mass is 10.1. The number of nitrogens with one attached hydrogen (secondary N) is 1. The highest BCUT2D eigenvalue weighted by atomic mass is 19.4. The minimum absolute atomic E-state index is 0.0590. The van der Waals surface area contributed by atoms with E-state index in [2.05, 4.69) is 15.3 Å². The predicted molar refractivity (Wildman–Crippen MR) is 103 cm³/mol. The van der Waals surface area contributed by atoms with Crippen molar-refractivity contribution < 1.29 is 31.9 Å². The molecule has 7 nitrogen and oxygen atoms in total. The van der Waals surface area contributed by atoms with Crippen LogP contribution in [-0.4, -0.2) is 34.4 Å². The molecule has 0 bridgehead atoms. The van der Waals surface area contributed by atoms with Crippen molar-refractivity contribution in [2.24, 2.45) is 0 Å². The molecule has 3 aromatic rings. The summed E-state index contributed by atoms with van der Waals surface area (Å²) in [6.45, 7) is -0.00198. The minimum Gasteiger partial charge on any atom is -0.467 e. The van der Waals surface area contributed by atoms with E-state index in [-0.39, 0.29) is 36.0 Å². The Morgan fingerprint density at radius 3 is 2.68 bits per heavy atom. The summed E-state index contributed by atoms with van der Waals surface area (Å²) in [6, 6.07) is 7.72. The lowest BCUT2D eigenvalue weighted by Crippen LogP contribution is -2.23. The molecule has 0 aliphatic heterocycles. The summed E-state index contributed by atoms with van der Waals surface area (Å²) < 4.78 is 47.6. The van der Waals surface area contributed by atoms with Gasteiger partial charge in [0.05, 0.1) is 11.8 Å². The molecule has 10 heteroatoms. The monoisotopic (exact) mass is 433 g/mol. The zero-order valence-electron chi connectivity index (χ0n) is 16.4. The average Bonchev–Trinajstić information content (AvgIpc) is 3.24. The van der Waals surface area contributed by atoms with E-state index in [0.29, 0.717) is 16.8 Å². The number of Topliss-reactive ketones (excluding diaryl/α,β-unsaturated/α-hetero) is 1. The van der Waals surface area contributed by atoms with Gasteiger partial charge >= 0.3 is 6.18 Å². The van der Waals surface area contributed by atoms with Gasteiger partial charge in [0.1, 0.15) is 11.5 Å². The van der Waals surface area contributed by atoms with E-state index in [4.69, 9.17) is 9.15 Å². The van der Waals surface area contributed by atoms with Gasteiger partial charge in [-0.1, -0.05) is 0 Å². The molecule has 0 aliphatic carbocycles. The number of carbonyl (C=O) groups is 2. The van der Waals surface area contributed by atoms with E-state index in [1.54, 1.807) is 12.1 Å². The molecule has 0 radical (unpaired) electrons. The summed E-state index contributed by atoms with van der Waals surface area (Å²) in [4.78, 5) is 31.7. The van der Waals surface area contributed by atoms with Gasteiger partial charge in [-0.3, -0.25) is 14.6 Å². The largest absolute Gasteiger partial charge is 0.467 e. The van der Waals surface area contributed by atoms with Crippen molar-refractivity contribution in [3.8, 4) is 17.2 Å². The normalized spacial score (nSPS) is 11.2. The molecule has 0 fully saturated rings. The Morgan fingerprint density at radius 2 is 2.00 bits per heavy atom. The number of carbonyl (C=O) groups excluding carboxylic acids is 2. The molecule has 0 aromatic carbocycles. The number of aromatic nitrogens is 2. The Labute approximate surface area is 175 Å². The Hall–Kier alpha value is -3.69. The Bertz CT molecular complexity index is 1070. The molecular weight excluding hydrogens is 415 g/mol. The first-order chi connectivity index (χ1) is 14.7. The standard InChI is InChI=1S/C21H18F3N3O4/c1-13(28)7-16-9-15(4-5-25-16)19(29)26-10-14-8-17(18-3-2-6-30-18)20(27-11-14)31-12-21(22,23)24/h2-6,8-9,11H,7,10,12H2,1H3,(H,26,29). The molecule has 3 rings (SSSR count). The number of rotatable bonds is 8. The molecule has 0 spiro atoms. The third-order valence-electron chi connectivity index (χ3n) is 4.03. The van der Waals surface area contributed by atoms with Crippen molar-refractivity contribution in [3.05, 3.63) is 65.8 Å². The second kappa shape index (κ2) is 9.41. The zero-order valence-corrected chi connectivity index (χ0v) is 16.4. The molecule has 3 heterocycles. The molecule has 0 aliphatic rings. The maximum atomic E-state index is 12.5. The van der Waals surface area contributed by atoms with Crippen LogP contribution in [0, 0.1) is 0 Å². The van der Waals surface area contributed by atoms with E-state index in [1.165, 1.54) is 43.8 Å². The average molecular weight is 433 g/mol. The van der Waals surface area contributed by atoms with E-state index in [9.17, 15) is 22.8 Å². The number of furan rings is 1. The van der Waals surface area contributed by atoms with Crippen molar-refractivity contribution >= 4 is 11.7 Å². The first kappa shape index (κ1) is 22.0. The number of hydrogen-bond acceptors (Lipinski definition) is 6. The van der Waals surface area contributed by atoms with Crippen LogP contribution in [0.2, 0.25) is 0 Å². The number of alkyl halides is 3. The fraction of sp³-hybridized carbons (Fsp3) is 0.238. The fourth-order valence-electron chi connectivity index (χ4n) is 2.72. The third-order valence-corrected chi connectivity index (χ3v) is 4.03. The molecule has 0 unspecified atom stereocenters. The van der Waals surface area contributed by atoms with Gasteiger partial charge in [0.2, 0.25) is 5.88 Å². The molecule has 1 amide bonds. The van der Waals surface area contributed by atoms with Gasteiger partial charge in [-0.2, -0.15) is 13.2 Å². The Balaban J connectivity index is 1.74. The highest BCUT2D eigenvalue weighted by Crippen LogP contribution is 2.30. The number of halogens is 3. The van der Waals surface area contributed by atoms with Gasteiger partial charge in [-0.15, -0.1) is 0 Å². The second-order valence-corrected chi connectivity index (χ2v) is 6.67. The maximum Gasteiger partial charge on any atom is 0.422 e. The Kier molecular flexibility index (Phi) is 6.68. The zero-order chi connectivity index (χ0) is 22.4. The van der Waals surface area contributed by atoms with Crippen molar-refractivity contribution in [2.75, 3.05) is 6.61 Å². The van der Waals surface area contributed by atoms with Crippen LogP contribution in [0.25, 0.3) is 11.3 Å². The van der Waals surface area contributed by atoms with Crippen molar-refractivity contribution in [1.82, 2.24) is 15.3 Å². The fourth-order valence-corrected chi connectivity index (χ4v) is 2.72. The van der Waals surface area contributed by atoms with Crippen LogP contribution in [0.4, 0.5) is 13.2 Å². The molecule has 1 N–H and O–H groups in total. The van der Waals surface area contributed by atoms with Crippen LogP contribution in [0.5, 0.6) is 5.88 Å². The Morgan fingerprint density at radius 1 is 1.19 bits per heavy atom. The molecule has 3 aromatic heterocycles. The minimum atomic E-state index is -4.51. The topological polar surface area (TPSA) is 94.3 Å². The molecule has 162 valence electrons.